The van der Waals surface area contributed by atoms with Gasteiger partial charge in [-0.3, -0.25) is 4.79 Å². The van der Waals surface area contributed by atoms with Gasteiger partial charge in [0.05, 0.1) is 11.5 Å². The summed E-state index contributed by atoms with van der Waals surface area (Å²) in [7, 11) is -3.14. The third-order valence-electron chi connectivity index (χ3n) is 2.45. The fraction of sp³-hybridized carbons (Fsp3) is 0.889. The lowest BCUT2D eigenvalue weighted by molar-refractivity contribution is -0.185. The van der Waals surface area contributed by atoms with E-state index in [1.807, 2.05) is 0 Å². The van der Waals surface area contributed by atoms with Crippen LogP contribution in [0.25, 0.3) is 0 Å². The number of hydrogen-bond acceptors (Lipinski definition) is 4. The van der Waals surface area contributed by atoms with Crippen molar-refractivity contribution in [3.05, 3.63) is 0 Å². The molecule has 5 nitrogen and oxygen atoms in total. The maximum atomic E-state index is 11.8. The summed E-state index contributed by atoms with van der Waals surface area (Å²) in [4.78, 5) is 11.4. The first-order valence-corrected chi connectivity index (χ1v) is 7.10. The van der Waals surface area contributed by atoms with Crippen molar-refractivity contribution in [3.63, 3.8) is 0 Å². The molecule has 1 aliphatic rings. The zero-order valence-corrected chi connectivity index (χ0v) is 10.5. The summed E-state index contributed by atoms with van der Waals surface area (Å²) in [6, 6.07) is -0.542. The predicted molar refractivity (Wildman–Crippen MR) is 56.7 cm³/mol. The van der Waals surface area contributed by atoms with E-state index in [2.05, 4.69) is 10.1 Å². The number of alkyl halides is 3. The fourth-order valence-electron chi connectivity index (χ4n) is 1.52. The van der Waals surface area contributed by atoms with E-state index in [1.165, 1.54) is 6.92 Å². The van der Waals surface area contributed by atoms with Crippen molar-refractivity contribution in [1.29, 1.82) is 0 Å². The molecule has 2 atom stereocenters. The monoisotopic (exact) mass is 289 g/mol. The van der Waals surface area contributed by atoms with Gasteiger partial charge in [-0.05, 0) is 13.3 Å². The molecule has 0 spiro atoms. The molecule has 2 unspecified atom stereocenters. The number of carbonyl (C=O) groups is 1. The Morgan fingerprint density at radius 3 is 2.56 bits per heavy atom. The maximum Gasteiger partial charge on any atom is 0.411 e. The molecule has 1 heterocycles. The second kappa shape index (κ2) is 5.43. The van der Waals surface area contributed by atoms with Gasteiger partial charge in [-0.25, -0.2) is 8.42 Å². The molecule has 0 aromatic heterocycles. The molecule has 106 valence electrons. The molecular formula is C9H14F3NO4S. The number of nitrogens with one attached hydrogen (secondary N) is 1. The molecule has 1 fully saturated rings. The Hall–Kier alpha value is -0.830. The predicted octanol–water partition coefficient (Wildman–Crippen LogP) is 0.257. The number of amides is 1. The summed E-state index contributed by atoms with van der Waals surface area (Å²) >= 11 is 0. The molecule has 1 saturated heterocycles. The van der Waals surface area contributed by atoms with Gasteiger partial charge in [0.25, 0.3) is 0 Å². The highest BCUT2D eigenvalue weighted by Gasteiger charge is 2.32. The van der Waals surface area contributed by atoms with Crippen molar-refractivity contribution in [1.82, 2.24) is 5.32 Å². The summed E-state index contributed by atoms with van der Waals surface area (Å²) in [6.07, 6.45) is -5.49. The van der Waals surface area contributed by atoms with Crippen molar-refractivity contribution < 1.29 is 31.1 Å². The van der Waals surface area contributed by atoms with E-state index in [1.54, 1.807) is 0 Å². The minimum Gasteiger partial charge on any atom is -0.359 e. The van der Waals surface area contributed by atoms with Crippen LogP contribution in [0.5, 0.6) is 0 Å². The lowest BCUT2D eigenvalue weighted by atomic mass is 10.2. The van der Waals surface area contributed by atoms with E-state index in [4.69, 9.17) is 0 Å². The Bertz CT molecular complexity index is 407. The van der Waals surface area contributed by atoms with Gasteiger partial charge in [0.1, 0.15) is 12.7 Å². The Morgan fingerprint density at radius 2 is 2.11 bits per heavy atom. The summed E-state index contributed by atoms with van der Waals surface area (Å²) in [5.74, 6) is -0.929. The Morgan fingerprint density at radius 1 is 1.50 bits per heavy atom. The van der Waals surface area contributed by atoms with Crippen molar-refractivity contribution in [2.24, 2.45) is 0 Å². The van der Waals surface area contributed by atoms with E-state index in [9.17, 15) is 26.4 Å². The van der Waals surface area contributed by atoms with Gasteiger partial charge >= 0.3 is 6.18 Å². The van der Waals surface area contributed by atoms with Crippen LogP contribution >= 0.6 is 0 Å². The van der Waals surface area contributed by atoms with Crippen molar-refractivity contribution in [2.75, 3.05) is 18.1 Å². The molecule has 0 radical (unpaired) electrons. The molecule has 18 heavy (non-hydrogen) atoms. The van der Waals surface area contributed by atoms with E-state index in [0.717, 1.165) is 0 Å². The van der Waals surface area contributed by atoms with Crippen LogP contribution in [0.1, 0.15) is 13.3 Å². The van der Waals surface area contributed by atoms with Gasteiger partial charge < -0.3 is 10.1 Å². The van der Waals surface area contributed by atoms with Gasteiger partial charge in [0.15, 0.2) is 9.84 Å². The molecule has 1 aliphatic heterocycles. The molecule has 9 heteroatoms. The summed E-state index contributed by atoms with van der Waals surface area (Å²) in [5.41, 5.74) is 0. The zero-order chi connectivity index (χ0) is 14.0. The van der Waals surface area contributed by atoms with E-state index in [0.29, 0.717) is 0 Å². The van der Waals surface area contributed by atoms with Crippen LogP contribution in [-0.2, 0) is 19.4 Å². The highest BCUT2D eigenvalue weighted by atomic mass is 32.2. The van der Waals surface area contributed by atoms with Crippen LogP contribution in [0.15, 0.2) is 0 Å². The number of halogens is 3. The van der Waals surface area contributed by atoms with Gasteiger partial charge in [0, 0.05) is 6.04 Å². The largest absolute Gasteiger partial charge is 0.411 e. The van der Waals surface area contributed by atoms with Crippen molar-refractivity contribution in [3.8, 4) is 0 Å². The van der Waals surface area contributed by atoms with Gasteiger partial charge in [-0.1, -0.05) is 0 Å². The molecular weight excluding hydrogens is 275 g/mol. The second-order valence-electron chi connectivity index (χ2n) is 4.18. The molecule has 0 aromatic carbocycles. The summed E-state index contributed by atoms with van der Waals surface area (Å²) < 4.78 is 62.1. The number of sulfone groups is 1. The van der Waals surface area contributed by atoms with Crippen LogP contribution in [0.3, 0.4) is 0 Å². The van der Waals surface area contributed by atoms with Gasteiger partial charge in [0.2, 0.25) is 5.91 Å². The maximum absolute atomic E-state index is 11.8. The van der Waals surface area contributed by atoms with E-state index in [-0.39, 0.29) is 17.9 Å². The number of hydrogen-bond donors (Lipinski definition) is 1. The van der Waals surface area contributed by atoms with Crippen LogP contribution in [0, 0.1) is 0 Å². The van der Waals surface area contributed by atoms with Crippen LogP contribution in [0.4, 0.5) is 13.2 Å². The van der Waals surface area contributed by atoms with Gasteiger partial charge in [-0.2, -0.15) is 13.2 Å². The highest BCUT2D eigenvalue weighted by molar-refractivity contribution is 7.91. The molecule has 0 bridgehead atoms. The minimum atomic E-state index is -4.49. The molecule has 1 rings (SSSR count). The van der Waals surface area contributed by atoms with Crippen molar-refractivity contribution >= 4 is 15.7 Å². The Labute approximate surface area is 103 Å². The fourth-order valence-corrected chi connectivity index (χ4v) is 3.20. The first-order valence-electron chi connectivity index (χ1n) is 5.28. The lowest BCUT2D eigenvalue weighted by Crippen LogP contribution is -2.42. The molecule has 0 aromatic rings. The molecule has 0 aliphatic carbocycles. The van der Waals surface area contributed by atoms with Crippen LogP contribution in [0.2, 0.25) is 0 Å². The molecule has 1 amide bonds. The van der Waals surface area contributed by atoms with Crippen LogP contribution in [-0.4, -0.2) is 50.8 Å². The average Bonchev–Trinajstić information content (AvgIpc) is 2.53. The average molecular weight is 289 g/mol. The number of ether oxygens (including phenoxy) is 1. The topological polar surface area (TPSA) is 72.5 Å². The van der Waals surface area contributed by atoms with Crippen LogP contribution < -0.4 is 5.32 Å². The Kier molecular flexibility index (Phi) is 4.60. The van der Waals surface area contributed by atoms with E-state index < -0.39 is 40.7 Å². The third kappa shape index (κ3) is 5.21. The minimum absolute atomic E-state index is 0.0181. The zero-order valence-electron chi connectivity index (χ0n) is 9.66. The standard InChI is InChI=1S/C9H14F3NO4S/c1-6(17-5-9(10,11)12)8(14)13-7-2-3-18(15,16)4-7/h6-7H,2-5H2,1H3,(H,13,14). The molecule has 1 N–H and O–H groups in total. The Balaban J connectivity index is 2.37. The number of rotatable bonds is 4. The first-order chi connectivity index (χ1) is 8.09. The normalized spacial score (nSPS) is 24.8. The van der Waals surface area contributed by atoms with Gasteiger partial charge in [-0.15, -0.1) is 0 Å². The van der Waals surface area contributed by atoms with Crippen molar-refractivity contribution in [2.45, 2.75) is 31.7 Å². The first kappa shape index (κ1) is 15.2. The third-order valence-corrected chi connectivity index (χ3v) is 4.21. The molecule has 0 saturated carbocycles. The van der Waals surface area contributed by atoms with E-state index >= 15 is 0 Å². The SMILES string of the molecule is CC(OCC(F)(F)F)C(=O)NC1CCS(=O)(=O)C1. The summed E-state index contributed by atoms with van der Waals surface area (Å²) in [5, 5.41) is 2.36. The highest BCUT2D eigenvalue weighted by Crippen LogP contribution is 2.16. The smallest absolute Gasteiger partial charge is 0.359 e. The quantitative estimate of drug-likeness (QED) is 0.805. The second-order valence-corrected chi connectivity index (χ2v) is 6.41. The summed E-state index contributed by atoms with van der Waals surface area (Å²) in [6.45, 7) is -0.324. The number of carbonyl (C=O) groups excluding carboxylic acids is 1. The lowest BCUT2D eigenvalue weighted by Gasteiger charge is -2.17.